The van der Waals surface area contributed by atoms with Crippen molar-refractivity contribution in [3.05, 3.63) is 54.2 Å². The second-order valence-electron chi connectivity index (χ2n) is 7.16. The van der Waals surface area contributed by atoms with Crippen LogP contribution in [0.3, 0.4) is 0 Å². The van der Waals surface area contributed by atoms with Gasteiger partial charge in [0.25, 0.3) is 5.91 Å². The van der Waals surface area contributed by atoms with Gasteiger partial charge in [-0.25, -0.2) is 0 Å². The fourth-order valence-electron chi connectivity index (χ4n) is 3.07. The molecule has 0 fully saturated rings. The zero-order valence-electron chi connectivity index (χ0n) is 17.0. The molecule has 3 rings (SSSR count). The van der Waals surface area contributed by atoms with Gasteiger partial charge in [-0.05, 0) is 44.0 Å². The molecule has 0 aliphatic heterocycles. The molecule has 2 atom stereocenters. The number of carbonyl (C=O) groups is 2. The number of benzene rings is 1. The van der Waals surface area contributed by atoms with Crippen molar-refractivity contribution in [3.63, 3.8) is 0 Å². The van der Waals surface area contributed by atoms with Gasteiger partial charge in [0.05, 0.1) is 18.9 Å². The maximum absolute atomic E-state index is 12.8. The predicted octanol–water partition coefficient (Wildman–Crippen LogP) is 4.06. The number of hydrogen-bond acceptors (Lipinski definition) is 5. The highest BCUT2D eigenvalue weighted by atomic mass is 16.5. The molecule has 2 unspecified atom stereocenters. The van der Waals surface area contributed by atoms with Crippen LogP contribution < -0.4 is 15.4 Å². The fraction of sp³-hybridized carbons (Fsp3) is 0.364. The van der Waals surface area contributed by atoms with E-state index in [2.05, 4.69) is 10.6 Å². The van der Waals surface area contributed by atoms with E-state index >= 15 is 0 Å². The van der Waals surface area contributed by atoms with Crippen molar-refractivity contribution in [2.45, 2.75) is 39.8 Å². The van der Waals surface area contributed by atoms with Crippen LogP contribution >= 0.6 is 0 Å². The molecular formula is C22H26N2O5. The lowest BCUT2D eigenvalue weighted by atomic mass is 10.0. The third-order valence-electron chi connectivity index (χ3n) is 4.59. The number of hydrogen-bond donors (Lipinski definition) is 2. The first-order valence-electron chi connectivity index (χ1n) is 9.70. The minimum absolute atomic E-state index is 0.110. The Bertz CT molecular complexity index is 974. The van der Waals surface area contributed by atoms with Gasteiger partial charge in [-0.1, -0.05) is 26.0 Å². The lowest BCUT2D eigenvalue weighted by Crippen LogP contribution is -2.50. The molecular weight excluding hydrogens is 372 g/mol. The van der Waals surface area contributed by atoms with Crippen molar-refractivity contribution in [1.82, 2.24) is 10.6 Å². The van der Waals surface area contributed by atoms with Gasteiger partial charge in [0.2, 0.25) is 5.91 Å². The molecule has 0 saturated carbocycles. The minimum Gasteiger partial charge on any atom is -0.490 e. The average molecular weight is 398 g/mol. The highest BCUT2D eigenvalue weighted by Gasteiger charge is 2.27. The van der Waals surface area contributed by atoms with Gasteiger partial charge < -0.3 is 24.2 Å². The monoisotopic (exact) mass is 398 g/mol. The SMILES string of the molecule is CCOc1cccc2cc(C(C)NC(=O)C(NC(=O)c3ccco3)C(C)C)oc12. The van der Waals surface area contributed by atoms with Gasteiger partial charge in [0, 0.05) is 5.39 Å². The fourth-order valence-corrected chi connectivity index (χ4v) is 3.07. The summed E-state index contributed by atoms with van der Waals surface area (Å²) >= 11 is 0. The van der Waals surface area contributed by atoms with E-state index in [1.54, 1.807) is 12.1 Å². The highest BCUT2D eigenvalue weighted by Crippen LogP contribution is 2.31. The summed E-state index contributed by atoms with van der Waals surface area (Å²) in [5.41, 5.74) is 0.650. The number of rotatable bonds is 8. The van der Waals surface area contributed by atoms with Crippen LogP contribution in [0.1, 0.15) is 50.1 Å². The summed E-state index contributed by atoms with van der Waals surface area (Å²) in [7, 11) is 0. The van der Waals surface area contributed by atoms with E-state index in [1.165, 1.54) is 6.26 Å². The lowest BCUT2D eigenvalue weighted by molar-refractivity contribution is -0.124. The Hall–Kier alpha value is -3.22. The molecule has 29 heavy (non-hydrogen) atoms. The van der Waals surface area contributed by atoms with E-state index < -0.39 is 11.9 Å². The molecule has 2 N–H and O–H groups in total. The van der Waals surface area contributed by atoms with E-state index in [4.69, 9.17) is 13.6 Å². The van der Waals surface area contributed by atoms with Crippen LogP contribution in [-0.2, 0) is 4.79 Å². The standard InChI is InChI=1S/C22H26N2O5/c1-5-27-16-9-6-8-15-12-18(29-20(15)16)14(4)23-22(26)19(13(2)3)24-21(25)17-10-7-11-28-17/h6-14,19H,5H2,1-4H3,(H,23,26)(H,24,25). The number of fused-ring (bicyclic) bond motifs is 1. The average Bonchev–Trinajstić information content (AvgIpc) is 3.36. The number of amides is 2. The summed E-state index contributed by atoms with van der Waals surface area (Å²) in [4.78, 5) is 25.1. The van der Waals surface area contributed by atoms with Crippen molar-refractivity contribution >= 4 is 22.8 Å². The molecule has 0 saturated heterocycles. The Labute approximate surface area is 169 Å². The van der Waals surface area contributed by atoms with E-state index in [9.17, 15) is 9.59 Å². The quantitative estimate of drug-likeness (QED) is 0.597. The number of carbonyl (C=O) groups excluding carboxylic acids is 2. The van der Waals surface area contributed by atoms with Crippen molar-refractivity contribution in [3.8, 4) is 5.75 Å². The maximum Gasteiger partial charge on any atom is 0.287 e. The molecule has 1 aromatic carbocycles. The van der Waals surface area contributed by atoms with Crippen LogP contribution in [0.2, 0.25) is 0 Å². The Morgan fingerprint density at radius 2 is 1.90 bits per heavy atom. The van der Waals surface area contributed by atoms with Crippen LogP contribution in [0.4, 0.5) is 0 Å². The molecule has 2 heterocycles. The third kappa shape index (κ3) is 4.62. The second-order valence-corrected chi connectivity index (χ2v) is 7.16. The zero-order chi connectivity index (χ0) is 21.0. The molecule has 0 spiro atoms. The minimum atomic E-state index is -0.710. The molecule has 0 radical (unpaired) electrons. The largest absolute Gasteiger partial charge is 0.490 e. The van der Waals surface area contributed by atoms with Gasteiger partial charge in [-0.15, -0.1) is 0 Å². The van der Waals surface area contributed by atoms with E-state index in [1.807, 2.05) is 52.0 Å². The van der Waals surface area contributed by atoms with Crippen molar-refractivity contribution in [2.75, 3.05) is 6.61 Å². The normalized spacial score (nSPS) is 13.3. The van der Waals surface area contributed by atoms with Crippen LogP contribution in [0.5, 0.6) is 5.75 Å². The van der Waals surface area contributed by atoms with Crippen LogP contribution in [0, 0.1) is 5.92 Å². The Balaban J connectivity index is 1.73. The first kappa shape index (κ1) is 20.5. The summed E-state index contributed by atoms with van der Waals surface area (Å²) in [6.45, 7) is 8.02. The van der Waals surface area contributed by atoms with E-state index in [0.717, 1.165) is 5.39 Å². The lowest BCUT2D eigenvalue weighted by Gasteiger charge is -2.23. The van der Waals surface area contributed by atoms with E-state index in [0.29, 0.717) is 23.7 Å². The van der Waals surface area contributed by atoms with Crippen molar-refractivity contribution in [2.24, 2.45) is 5.92 Å². The topological polar surface area (TPSA) is 93.7 Å². The van der Waals surface area contributed by atoms with Gasteiger partial charge in [0.15, 0.2) is 17.1 Å². The van der Waals surface area contributed by atoms with Gasteiger partial charge in [0.1, 0.15) is 11.8 Å². The van der Waals surface area contributed by atoms with E-state index in [-0.39, 0.29) is 23.6 Å². The smallest absolute Gasteiger partial charge is 0.287 e. The molecule has 3 aromatic rings. The Morgan fingerprint density at radius 1 is 1.10 bits per heavy atom. The summed E-state index contributed by atoms with van der Waals surface area (Å²) in [5, 5.41) is 6.56. The molecule has 7 heteroatoms. The molecule has 0 bridgehead atoms. The number of nitrogens with one attached hydrogen (secondary N) is 2. The summed E-state index contributed by atoms with van der Waals surface area (Å²) in [6.07, 6.45) is 1.42. The first-order valence-corrected chi connectivity index (χ1v) is 9.70. The first-order chi connectivity index (χ1) is 13.9. The number of para-hydroxylation sites is 1. The van der Waals surface area contributed by atoms with Crippen molar-refractivity contribution < 1.29 is 23.2 Å². The predicted molar refractivity (Wildman–Crippen MR) is 109 cm³/mol. The summed E-state index contributed by atoms with van der Waals surface area (Å²) < 4.78 is 16.7. The molecule has 2 amide bonds. The molecule has 154 valence electrons. The molecule has 2 aromatic heterocycles. The van der Waals surface area contributed by atoms with Gasteiger partial charge in [-0.3, -0.25) is 9.59 Å². The van der Waals surface area contributed by atoms with Crippen molar-refractivity contribution in [1.29, 1.82) is 0 Å². The number of ether oxygens (including phenoxy) is 1. The van der Waals surface area contributed by atoms with Crippen LogP contribution in [0.15, 0.2) is 51.5 Å². The highest BCUT2D eigenvalue weighted by molar-refractivity contribution is 5.95. The van der Waals surface area contributed by atoms with Gasteiger partial charge >= 0.3 is 0 Å². The third-order valence-corrected chi connectivity index (χ3v) is 4.59. The summed E-state index contributed by atoms with van der Waals surface area (Å²) in [5.74, 6) is 0.610. The van der Waals surface area contributed by atoms with Crippen LogP contribution in [-0.4, -0.2) is 24.5 Å². The summed E-state index contributed by atoms with van der Waals surface area (Å²) in [6, 6.07) is 9.64. The van der Waals surface area contributed by atoms with Gasteiger partial charge in [-0.2, -0.15) is 0 Å². The zero-order valence-corrected chi connectivity index (χ0v) is 17.0. The second kappa shape index (κ2) is 8.86. The molecule has 0 aliphatic rings. The van der Waals surface area contributed by atoms with Crippen LogP contribution in [0.25, 0.3) is 11.0 Å². The number of furan rings is 2. The molecule has 7 nitrogen and oxygen atoms in total. The Morgan fingerprint density at radius 3 is 2.55 bits per heavy atom. The molecule has 0 aliphatic carbocycles. The Kier molecular flexibility index (Phi) is 6.26. The maximum atomic E-state index is 12.8.